The first-order chi connectivity index (χ1) is 13.5. The van der Waals surface area contributed by atoms with E-state index in [2.05, 4.69) is 91.5 Å². The van der Waals surface area contributed by atoms with Crippen LogP contribution in [0.3, 0.4) is 0 Å². The van der Waals surface area contributed by atoms with Gasteiger partial charge in [0.25, 0.3) is 0 Å². The lowest BCUT2D eigenvalue weighted by molar-refractivity contribution is 0.433. The van der Waals surface area contributed by atoms with Gasteiger partial charge in [0.05, 0.1) is 0 Å². The predicted molar refractivity (Wildman–Crippen MR) is 118 cm³/mol. The Morgan fingerprint density at radius 2 is 1.14 bits per heavy atom. The Labute approximate surface area is 168 Å². The van der Waals surface area contributed by atoms with Crippen LogP contribution in [0.1, 0.15) is 48.9 Å². The molecule has 0 fully saturated rings. The highest BCUT2D eigenvalue weighted by atomic mass is 15.2. The highest BCUT2D eigenvalue weighted by Gasteiger charge is 2.44. The van der Waals surface area contributed by atoms with E-state index >= 15 is 0 Å². The van der Waals surface area contributed by atoms with Gasteiger partial charge in [-0.1, -0.05) is 74.5 Å². The van der Waals surface area contributed by atoms with E-state index in [1.807, 2.05) is 0 Å². The number of nitrogen functional groups attached to an aromatic ring is 1. The molecule has 0 radical (unpaired) electrons. The van der Waals surface area contributed by atoms with Gasteiger partial charge in [0.15, 0.2) is 0 Å². The molecule has 2 heterocycles. The van der Waals surface area contributed by atoms with E-state index in [9.17, 15) is 0 Å². The third kappa shape index (κ3) is 2.40. The number of nitrogens with two attached hydrogens (primary N) is 1. The Balaban J connectivity index is 1.77. The Hall–Kier alpha value is -2.74. The maximum atomic E-state index is 6.51. The summed E-state index contributed by atoms with van der Waals surface area (Å²) in [6.07, 6.45) is 2.24. The summed E-state index contributed by atoms with van der Waals surface area (Å²) in [6.45, 7) is 6.98. The van der Waals surface area contributed by atoms with E-state index in [4.69, 9.17) is 5.73 Å². The van der Waals surface area contributed by atoms with Crippen molar-refractivity contribution >= 4 is 11.4 Å². The van der Waals surface area contributed by atoms with Crippen LogP contribution in [-0.4, -0.2) is 13.1 Å². The molecule has 2 N–H and O–H groups in total. The van der Waals surface area contributed by atoms with E-state index in [1.165, 1.54) is 27.9 Å². The summed E-state index contributed by atoms with van der Waals surface area (Å²) in [6, 6.07) is 26.3. The smallest absolute Gasteiger partial charge is 0.0450 e. The molecule has 2 aliphatic heterocycles. The first-order valence-electron chi connectivity index (χ1n) is 10.3. The van der Waals surface area contributed by atoms with Crippen LogP contribution in [0.2, 0.25) is 0 Å². The molecule has 3 aromatic rings. The zero-order valence-electron chi connectivity index (χ0n) is 16.8. The minimum absolute atomic E-state index is 0.00778. The van der Waals surface area contributed by atoms with Gasteiger partial charge in [0.1, 0.15) is 0 Å². The third-order valence-electron chi connectivity index (χ3n) is 7.22. The number of hydrogen-bond donors (Lipinski definition) is 1. The van der Waals surface area contributed by atoms with Gasteiger partial charge in [-0.2, -0.15) is 0 Å². The molecular formula is C26H28N2. The normalized spacial score (nSPS) is 26.0. The van der Waals surface area contributed by atoms with Crippen molar-refractivity contribution in [1.29, 1.82) is 0 Å². The second kappa shape index (κ2) is 6.13. The fourth-order valence-corrected chi connectivity index (χ4v) is 5.37. The molecule has 142 valence electrons. The zero-order valence-corrected chi connectivity index (χ0v) is 16.8. The van der Waals surface area contributed by atoms with Crippen LogP contribution in [0.15, 0.2) is 72.8 Å². The van der Waals surface area contributed by atoms with E-state index in [0.29, 0.717) is 0 Å². The topological polar surface area (TPSA) is 29.3 Å². The van der Waals surface area contributed by atoms with Crippen molar-refractivity contribution in [2.75, 3.05) is 23.7 Å². The molecule has 2 nitrogen and oxygen atoms in total. The van der Waals surface area contributed by atoms with Gasteiger partial charge in [-0.3, -0.25) is 0 Å². The molecule has 0 saturated heterocycles. The van der Waals surface area contributed by atoms with Crippen molar-refractivity contribution in [1.82, 2.24) is 0 Å². The van der Waals surface area contributed by atoms with Crippen LogP contribution in [0.25, 0.3) is 0 Å². The number of nitrogens with zero attached hydrogens (tertiary/aromatic N) is 1. The molecule has 0 aromatic heterocycles. The van der Waals surface area contributed by atoms with E-state index in [0.717, 1.165) is 31.6 Å². The van der Waals surface area contributed by atoms with Gasteiger partial charge >= 0.3 is 0 Å². The number of rotatable bonds is 2. The maximum Gasteiger partial charge on any atom is 0.0450 e. The standard InChI is InChI=1S/C26H28N2/c1-25(19-9-5-3-6-10-19)13-15-28-16-14-26(2,20-11-7-4-8-12-20)23-18-21(27)17-22(25)24(23)28/h3-12,17-18H,13-16,27H2,1-2H3/t25-,26-/m0/s1. The second-order valence-corrected chi connectivity index (χ2v) is 8.85. The number of benzene rings is 3. The molecule has 2 atom stereocenters. The molecule has 0 bridgehead atoms. The molecule has 2 heteroatoms. The van der Waals surface area contributed by atoms with Gasteiger partial charge in [-0.05, 0) is 47.2 Å². The summed E-state index contributed by atoms with van der Waals surface area (Å²) in [5, 5.41) is 0. The van der Waals surface area contributed by atoms with Crippen LogP contribution in [-0.2, 0) is 10.8 Å². The molecule has 2 aliphatic rings. The van der Waals surface area contributed by atoms with E-state index < -0.39 is 0 Å². The largest absolute Gasteiger partial charge is 0.399 e. The molecule has 0 amide bonds. The lowest BCUT2D eigenvalue weighted by Gasteiger charge is -2.50. The zero-order chi connectivity index (χ0) is 19.4. The lowest BCUT2D eigenvalue weighted by atomic mass is 9.64. The average Bonchev–Trinajstić information content (AvgIpc) is 2.74. The fourth-order valence-electron chi connectivity index (χ4n) is 5.37. The van der Waals surface area contributed by atoms with Crippen molar-refractivity contribution in [3.05, 3.63) is 95.1 Å². The van der Waals surface area contributed by atoms with Crippen molar-refractivity contribution in [2.45, 2.75) is 37.5 Å². The van der Waals surface area contributed by atoms with Gasteiger partial charge in [-0.15, -0.1) is 0 Å². The van der Waals surface area contributed by atoms with E-state index in [-0.39, 0.29) is 10.8 Å². The predicted octanol–water partition coefficient (Wildman–Crippen LogP) is 5.49. The first-order valence-corrected chi connectivity index (χ1v) is 10.3. The van der Waals surface area contributed by atoms with Crippen LogP contribution >= 0.6 is 0 Å². The Morgan fingerprint density at radius 3 is 1.57 bits per heavy atom. The first kappa shape index (κ1) is 17.4. The summed E-state index contributed by atoms with van der Waals surface area (Å²) in [7, 11) is 0. The van der Waals surface area contributed by atoms with Gasteiger partial charge in [0.2, 0.25) is 0 Å². The highest BCUT2D eigenvalue weighted by Crippen LogP contribution is 2.53. The van der Waals surface area contributed by atoms with Crippen LogP contribution in [0.4, 0.5) is 11.4 Å². The molecule has 5 rings (SSSR count). The van der Waals surface area contributed by atoms with Crippen molar-refractivity contribution < 1.29 is 0 Å². The van der Waals surface area contributed by atoms with Crippen LogP contribution < -0.4 is 10.6 Å². The molecule has 0 spiro atoms. The van der Waals surface area contributed by atoms with Gasteiger partial charge in [0, 0.05) is 35.3 Å². The maximum absolute atomic E-state index is 6.51. The second-order valence-electron chi connectivity index (χ2n) is 8.85. The molecule has 0 aliphatic carbocycles. The van der Waals surface area contributed by atoms with Crippen molar-refractivity contribution in [2.24, 2.45) is 0 Å². The minimum atomic E-state index is -0.00778. The summed E-state index contributed by atoms with van der Waals surface area (Å²) in [4.78, 5) is 2.60. The lowest BCUT2D eigenvalue weighted by Crippen LogP contribution is -2.46. The van der Waals surface area contributed by atoms with Crippen molar-refractivity contribution in [3.63, 3.8) is 0 Å². The summed E-state index contributed by atoms with van der Waals surface area (Å²) in [5.74, 6) is 0. The monoisotopic (exact) mass is 368 g/mol. The number of hydrogen-bond acceptors (Lipinski definition) is 2. The Bertz CT molecular complexity index is 933. The average molecular weight is 369 g/mol. The van der Waals surface area contributed by atoms with Gasteiger partial charge in [-0.25, -0.2) is 0 Å². The fraction of sp³-hybridized carbons (Fsp3) is 0.308. The van der Waals surface area contributed by atoms with Gasteiger partial charge < -0.3 is 10.6 Å². The quantitative estimate of drug-likeness (QED) is 0.606. The highest BCUT2D eigenvalue weighted by molar-refractivity contribution is 5.74. The molecule has 3 aromatic carbocycles. The summed E-state index contributed by atoms with van der Waals surface area (Å²) in [5.41, 5.74) is 14.3. The minimum Gasteiger partial charge on any atom is -0.399 e. The molecule has 0 saturated carbocycles. The summed E-state index contributed by atoms with van der Waals surface area (Å²) >= 11 is 0. The van der Waals surface area contributed by atoms with Crippen LogP contribution in [0, 0.1) is 0 Å². The molecule has 0 unspecified atom stereocenters. The number of anilines is 2. The Kier molecular flexibility index (Phi) is 3.80. The molecular weight excluding hydrogens is 340 g/mol. The Morgan fingerprint density at radius 1 is 0.714 bits per heavy atom. The third-order valence-corrected chi connectivity index (χ3v) is 7.22. The van der Waals surface area contributed by atoms with Crippen LogP contribution in [0.5, 0.6) is 0 Å². The molecule has 28 heavy (non-hydrogen) atoms. The van der Waals surface area contributed by atoms with Crippen molar-refractivity contribution in [3.8, 4) is 0 Å². The van der Waals surface area contributed by atoms with E-state index in [1.54, 1.807) is 0 Å². The SMILES string of the molecule is C[C@@]1(c2ccccc2)CCN2CC[C@@](C)(c3ccccc3)c3cc(N)cc1c32. The summed E-state index contributed by atoms with van der Waals surface area (Å²) < 4.78 is 0.